The van der Waals surface area contributed by atoms with Gasteiger partial charge in [-0.25, -0.2) is 13.1 Å². The van der Waals surface area contributed by atoms with Crippen molar-refractivity contribution in [2.45, 2.75) is 24.2 Å². The zero-order chi connectivity index (χ0) is 15.3. The Morgan fingerprint density at radius 2 is 2.19 bits per heavy atom. The van der Waals surface area contributed by atoms with Crippen molar-refractivity contribution in [1.82, 2.24) is 4.72 Å². The fourth-order valence-electron chi connectivity index (χ4n) is 1.86. The van der Waals surface area contributed by atoms with E-state index in [-0.39, 0.29) is 17.0 Å². The maximum absolute atomic E-state index is 12.1. The SMILES string of the molecule is N#Cc1cc(N)ccc1S(=O)(=O)NCCCOCC1CC1. The highest BCUT2D eigenvalue weighted by Gasteiger charge is 2.21. The van der Waals surface area contributed by atoms with E-state index < -0.39 is 10.0 Å². The standard InChI is InChI=1S/C14H19N3O3S/c15-9-12-8-13(16)4-5-14(12)21(18,19)17-6-1-7-20-10-11-2-3-11/h4-5,8,11,17H,1-3,6-7,10,16H2. The average Bonchev–Trinajstić information content (AvgIpc) is 3.26. The molecule has 6 nitrogen and oxygen atoms in total. The van der Waals surface area contributed by atoms with E-state index in [0.717, 1.165) is 6.61 Å². The van der Waals surface area contributed by atoms with Crippen molar-refractivity contribution < 1.29 is 13.2 Å². The lowest BCUT2D eigenvalue weighted by atomic mass is 10.2. The predicted octanol–water partition coefficient (Wildman–Crippen LogP) is 1.24. The van der Waals surface area contributed by atoms with Gasteiger partial charge in [-0.05, 0) is 43.4 Å². The first-order chi connectivity index (χ1) is 10.0. The van der Waals surface area contributed by atoms with Gasteiger partial charge in [0.15, 0.2) is 0 Å². The molecule has 0 aliphatic heterocycles. The van der Waals surface area contributed by atoms with Gasteiger partial charge >= 0.3 is 0 Å². The highest BCUT2D eigenvalue weighted by atomic mass is 32.2. The molecule has 0 saturated heterocycles. The second-order valence-corrected chi connectivity index (χ2v) is 6.87. The van der Waals surface area contributed by atoms with Crippen molar-refractivity contribution in [3.05, 3.63) is 23.8 Å². The first-order valence-corrected chi connectivity index (χ1v) is 8.38. The normalized spacial score (nSPS) is 14.8. The molecule has 1 aromatic rings. The van der Waals surface area contributed by atoms with Gasteiger partial charge in [-0.3, -0.25) is 0 Å². The van der Waals surface area contributed by atoms with E-state index in [1.54, 1.807) is 0 Å². The van der Waals surface area contributed by atoms with Gasteiger partial charge in [0, 0.05) is 25.4 Å². The number of nitrogens with one attached hydrogen (secondary N) is 1. The monoisotopic (exact) mass is 309 g/mol. The number of anilines is 1. The van der Waals surface area contributed by atoms with E-state index in [0.29, 0.717) is 24.6 Å². The molecule has 3 N–H and O–H groups in total. The van der Waals surface area contributed by atoms with E-state index in [1.165, 1.54) is 31.0 Å². The summed E-state index contributed by atoms with van der Waals surface area (Å²) in [6.07, 6.45) is 3.07. The van der Waals surface area contributed by atoms with Gasteiger partial charge in [-0.1, -0.05) is 0 Å². The molecule has 0 spiro atoms. The maximum Gasteiger partial charge on any atom is 0.241 e. The van der Waals surface area contributed by atoms with Gasteiger partial charge in [0.1, 0.15) is 6.07 Å². The summed E-state index contributed by atoms with van der Waals surface area (Å²) in [6, 6.07) is 6.02. The number of sulfonamides is 1. The van der Waals surface area contributed by atoms with Crippen molar-refractivity contribution in [2.24, 2.45) is 5.92 Å². The van der Waals surface area contributed by atoms with Crippen LogP contribution in [0.4, 0.5) is 5.69 Å². The molecular formula is C14H19N3O3S. The Hall–Kier alpha value is -1.62. The molecule has 0 unspecified atom stereocenters. The highest BCUT2D eigenvalue weighted by molar-refractivity contribution is 7.89. The number of hydrogen-bond donors (Lipinski definition) is 2. The second kappa shape index (κ2) is 6.89. The van der Waals surface area contributed by atoms with Gasteiger partial charge < -0.3 is 10.5 Å². The van der Waals surface area contributed by atoms with Crippen LogP contribution in [0.15, 0.2) is 23.1 Å². The summed E-state index contributed by atoms with van der Waals surface area (Å²) in [5, 5.41) is 8.99. The molecule has 0 aromatic heterocycles. The van der Waals surface area contributed by atoms with Crippen LogP contribution in [0.5, 0.6) is 0 Å². The summed E-state index contributed by atoms with van der Waals surface area (Å²) in [6.45, 7) is 1.58. The minimum atomic E-state index is -3.69. The third-order valence-corrected chi connectivity index (χ3v) is 4.74. The van der Waals surface area contributed by atoms with E-state index in [2.05, 4.69) is 4.72 Å². The highest BCUT2D eigenvalue weighted by Crippen LogP contribution is 2.28. The largest absolute Gasteiger partial charge is 0.399 e. The Kier molecular flexibility index (Phi) is 5.17. The first-order valence-electron chi connectivity index (χ1n) is 6.90. The molecule has 7 heteroatoms. The molecule has 0 amide bonds. The minimum Gasteiger partial charge on any atom is -0.399 e. The van der Waals surface area contributed by atoms with Crippen LogP contribution in [-0.4, -0.2) is 28.2 Å². The molecule has 1 aromatic carbocycles. The van der Waals surface area contributed by atoms with E-state index in [9.17, 15) is 8.42 Å². The van der Waals surface area contributed by atoms with Crippen LogP contribution in [0.3, 0.4) is 0 Å². The summed E-state index contributed by atoms with van der Waals surface area (Å²) in [7, 11) is -3.69. The number of nitrogens with zero attached hydrogens (tertiary/aromatic N) is 1. The van der Waals surface area contributed by atoms with Crippen molar-refractivity contribution in [3.63, 3.8) is 0 Å². The van der Waals surface area contributed by atoms with Crippen LogP contribution < -0.4 is 10.5 Å². The number of ether oxygens (including phenoxy) is 1. The lowest BCUT2D eigenvalue weighted by Gasteiger charge is -2.09. The molecule has 0 radical (unpaired) electrons. The third kappa shape index (κ3) is 4.70. The van der Waals surface area contributed by atoms with Crippen LogP contribution >= 0.6 is 0 Å². The number of hydrogen-bond acceptors (Lipinski definition) is 5. The van der Waals surface area contributed by atoms with Crippen molar-refractivity contribution in [3.8, 4) is 6.07 Å². The summed E-state index contributed by atoms with van der Waals surface area (Å²) >= 11 is 0. The topological polar surface area (TPSA) is 105 Å². The quantitative estimate of drug-likeness (QED) is 0.555. The van der Waals surface area contributed by atoms with Gasteiger partial charge in [-0.2, -0.15) is 5.26 Å². The summed E-state index contributed by atoms with van der Waals surface area (Å²) in [5.41, 5.74) is 5.96. The number of nitrogen functional groups attached to an aromatic ring is 1. The number of rotatable bonds is 8. The average molecular weight is 309 g/mol. The third-order valence-electron chi connectivity index (χ3n) is 3.22. The second-order valence-electron chi connectivity index (χ2n) is 5.14. The molecular weight excluding hydrogens is 290 g/mol. The fourth-order valence-corrected chi connectivity index (χ4v) is 3.07. The number of nitriles is 1. The summed E-state index contributed by atoms with van der Waals surface area (Å²) < 4.78 is 32.2. The molecule has 1 aliphatic rings. The van der Waals surface area contributed by atoms with Crippen molar-refractivity contribution in [1.29, 1.82) is 5.26 Å². The molecule has 21 heavy (non-hydrogen) atoms. The molecule has 114 valence electrons. The zero-order valence-corrected chi connectivity index (χ0v) is 12.5. The number of benzene rings is 1. The predicted molar refractivity (Wildman–Crippen MR) is 78.9 cm³/mol. The Bertz CT molecular complexity index is 633. The van der Waals surface area contributed by atoms with Crippen LogP contribution in [0.2, 0.25) is 0 Å². The number of nitrogens with two attached hydrogens (primary N) is 1. The zero-order valence-electron chi connectivity index (χ0n) is 11.7. The van der Waals surface area contributed by atoms with Crippen LogP contribution in [0.25, 0.3) is 0 Å². The Morgan fingerprint density at radius 3 is 2.86 bits per heavy atom. The Morgan fingerprint density at radius 1 is 1.43 bits per heavy atom. The van der Waals surface area contributed by atoms with Crippen LogP contribution in [0, 0.1) is 17.2 Å². The fraction of sp³-hybridized carbons (Fsp3) is 0.500. The molecule has 2 rings (SSSR count). The smallest absolute Gasteiger partial charge is 0.241 e. The molecule has 1 aliphatic carbocycles. The molecule has 0 bridgehead atoms. The Labute approximate surface area is 125 Å². The Balaban J connectivity index is 1.84. The van der Waals surface area contributed by atoms with Crippen LogP contribution in [-0.2, 0) is 14.8 Å². The molecule has 0 atom stereocenters. The lowest BCUT2D eigenvalue weighted by molar-refractivity contribution is 0.123. The van der Waals surface area contributed by atoms with Gasteiger partial charge in [0.25, 0.3) is 0 Å². The van der Waals surface area contributed by atoms with E-state index >= 15 is 0 Å². The molecule has 1 fully saturated rings. The van der Waals surface area contributed by atoms with E-state index in [4.69, 9.17) is 15.7 Å². The maximum atomic E-state index is 12.1. The minimum absolute atomic E-state index is 0.0434. The summed E-state index contributed by atoms with van der Waals surface area (Å²) in [4.78, 5) is -0.0434. The lowest BCUT2D eigenvalue weighted by Crippen LogP contribution is -2.26. The van der Waals surface area contributed by atoms with Crippen molar-refractivity contribution >= 4 is 15.7 Å². The molecule has 1 saturated carbocycles. The van der Waals surface area contributed by atoms with E-state index in [1.807, 2.05) is 6.07 Å². The van der Waals surface area contributed by atoms with Gasteiger partial charge in [0.05, 0.1) is 10.5 Å². The van der Waals surface area contributed by atoms with Crippen LogP contribution in [0.1, 0.15) is 24.8 Å². The van der Waals surface area contributed by atoms with Crippen molar-refractivity contribution in [2.75, 3.05) is 25.5 Å². The van der Waals surface area contributed by atoms with Gasteiger partial charge in [-0.15, -0.1) is 0 Å². The van der Waals surface area contributed by atoms with Gasteiger partial charge in [0.2, 0.25) is 10.0 Å². The molecule has 0 heterocycles. The summed E-state index contributed by atoms with van der Waals surface area (Å²) in [5.74, 6) is 0.703. The first kappa shape index (κ1) is 15.8.